The topological polar surface area (TPSA) is 12.0 Å². The second-order valence-electron chi connectivity index (χ2n) is 5.15. The maximum absolute atomic E-state index is 3.63. The van der Waals surface area contributed by atoms with Gasteiger partial charge in [-0.1, -0.05) is 43.7 Å². The molecule has 0 saturated heterocycles. The van der Waals surface area contributed by atoms with Crippen LogP contribution >= 0.6 is 0 Å². The molecule has 90 valence electrons. The van der Waals surface area contributed by atoms with Gasteiger partial charge in [-0.15, -0.1) is 0 Å². The molecule has 0 atom stereocenters. The van der Waals surface area contributed by atoms with Crippen LogP contribution in [0.1, 0.15) is 45.6 Å². The van der Waals surface area contributed by atoms with Gasteiger partial charge in [0.15, 0.2) is 0 Å². The second-order valence-corrected chi connectivity index (χ2v) is 5.15. The lowest BCUT2D eigenvalue weighted by atomic mass is 9.98. The number of hydrogen-bond acceptors (Lipinski definition) is 1. The molecule has 1 aromatic carbocycles. The van der Waals surface area contributed by atoms with Crippen LogP contribution in [0.25, 0.3) is 0 Å². The van der Waals surface area contributed by atoms with Crippen LogP contribution in [-0.4, -0.2) is 12.1 Å². The van der Waals surface area contributed by atoms with Crippen LogP contribution in [0.5, 0.6) is 0 Å². The molecule has 0 unspecified atom stereocenters. The third kappa shape index (κ3) is 5.32. The smallest absolute Gasteiger partial charge is 0.0125 e. The van der Waals surface area contributed by atoms with Gasteiger partial charge in [0.25, 0.3) is 0 Å². The van der Waals surface area contributed by atoms with Gasteiger partial charge in [-0.3, -0.25) is 0 Å². The second kappa shape index (κ2) is 6.70. The van der Waals surface area contributed by atoms with E-state index >= 15 is 0 Å². The standard InChI is InChI=1S/C15H25N/c1-4-12-15(2,3)16-13-8-11-14-9-6-5-7-10-14/h5-7,9-10,16H,4,8,11-13H2,1-3H3. The predicted octanol–water partition coefficient (Wildman–Crippen LogP) is 3.79. The van der Waals surface area contributed by atoms with Gasteiger partial charge in [0.1, 0.15) is 0 Å². The molecular formula is C15H25N. The lowest BCUT2D eigenvalue weighted by Gasteiger charge is -2.25. The number of aryl methyl sites for hydroxylation is 1. The van der Waals surface area contributed by atoms with E-state index in [0.717, 1.165) is 6.54 Å². The van der Waals surface area contributed by atoms with Gasteiger partial charge in [-0.25, -0.2) is 0 Å². The van der Waals surface area contributed by atoms with Crippen LogP contribution in [-0.2, 0) is 6.42 Å². The number of hydrogen-bond donors (Lipinski definition) is 1. The monoisotopic (exact) mass is 219 g/mol. The molecule has 0 heterocycles. The summed E-state index contributed by atoms with van der Waals surface area (Å²) in [5.41, 5.74) is 1.74. The van der Waals surface area contributed by atoms with Crippen molar-refractivity contribution < 1.29 is 0 Å². The van der Waals surface area contributed by atoms with Crippen LogP contribution in [0.4, 0.5) is 0 Å². The van der Waals surface area contributed by atoms with Crippen LogP contribution in [0, 0.1) is 0 Å². The van der Waals surface area contributed by atoms with Crippen LogP contribution in [0.3, 0.4) is 0 Å². The molecular weight excluding hydrogens is 194 g/mol. The fourth-order valence-electron chi connectivity index (χ4n) is 2.08. The molecule has 0 aliphatic rings. The van der Waals surface area contributed by atoms with Gasteiger partial charge < -0.3 is 5.32 Å². The van der Waals surface area contributed by atoms with Crippen molar-refractivity contribution >= 4 is 0 Å². The van der Waals surface area contributed by atoms with E-state index in [9.17, 15) is 0 Å². The van der Waals surface area contributed by atoms with Gasteiger partial charge in [0.2, 0.25) is 0 Å². The highest BCUT2D eigenvalue weighted by atomic mass is 14.9. The van der Waals surface area contributed by atoms with Crippen molar-refractivity contribution in [1.29, 1.82) is 0 Å². The Morgan fingerprint density at radius 1 is 1.12 bits per heavy atom. The Kier molecular flexibility index (Phi) is 5.54. The zero-order valence-corrected chi connectivity index (χ0v) is 10.9. The third-order valence-corrected chi connectivity index (χ3v) is 2.96. The van der Waals surface area contributed by atoms with E-state index in [1.54, 1.807) is 0 Å². The Morgan fingerprint density at radius 2 is 1.81 bits per heavy atom. The fraction of sp³-hybridized carbons (Fsp3) is 0.600. The van der Waals surface area contributed by atoms with E-state index < -0.39 is 0 Å². The average Bonchev–Trinajstić information content (AvgIpc) is 2.26. The van der Waals surface area contributed by atoms with E-state index in [1.165, 1.54) is 31.2 Å². The molecule has 16 heavy (non-hydrogen) atoms. The molecule has 1 aromatic rings. The molecule has 1 nitrogen and oxygen atoms in total. The zero-order chi connectivity index (χ0) is 11.9. The van der Waals surface area contributed by atoms with Crippen LogP contribution in [0.2, 0.25) is 0 Å². The Bertz CT molecular complexity index is 277. The largest absolute Gasteiger partial charge is 0.312 e. The highest BCUT2D eigenvalue weighted by Crippen LogP contribution is 2.10. The molecule has 0 radical (unpaired) electrons. The number of benzene rings is 1. The SMILES string of the molecule is CCCC(C)(C)NCCCc1ccccc1. The molecule has 0 spiro atoms. The normalized spacial score (nSPS) is 11.7. The highest BCUT2D eigenvalue weighted by Gasteiger charge is 2.14. The van der Waals surface area contributed by atoms with Gasteiger partial charge >= 0.3 is 0 Å². The summed E-state index contributed by atoms with van der Waals surface area (Å²) < 4.78 is 0. The van der Waals surface area contributed by atoms with Crippen molar-refractivity contribution in [3.63, 3.8) is 0 Å². The first kappa shape index (κ1) is 13.2. The van der Waals surface area contributed by atoms with E-state index in [4.69, 9.17) is 0 Å². The Labute approximate surface area is 100 Å². The van der Waals surface area contributed by atoms with Gasteiger partial charge in [0.05, 0.1) is 0 Å². The first-order chi connectivity index (χ1) is 7.64. The molecule has 0 fully saturated rings. The van der Waals surface area contributed by atoms with Gasteiger partial charge in [0, 0.05) is 5.54 Å². The van der Waals surface area contributed by atoms with Gasteiger partial charge in [-0.05, 0) is 45.2 Å². The average molecular weight is 219 g/mol. The lowest BCUT2D eigenvalue weighted by molar-refractivity contribution is 0.357. The number of rotatable bonds is 7. The van der Waals surface area contributed by atoms with Crippen LogP contribution in [0.15, 0.2) is 30.3 Å². The summed E-state index contributed by atoms with van der Waals surface area (Å²) in [6.07, 6.45) is 4.89. The molecule has 1 rings (SSSR count). The Morgan fingerprint density at radius 3 is 2.44 bits per heavy atom. The minimum Gasteiger partial charge on any atom is -0.312 e. The lowest BCUT2D eigenvalue weighted by Crippen LogP contribution is -2.39. The molecule has 0 aromatic heterocycles. The zero-order valence-electron chi connectivity index (χ0n) is 10.9. The molecule has 0 aliphatic heterocycles. The summed E-state index contributed by atoms with van der Waals surface area (Å²) in [6, 6.07) is 10.7. The van der Waals surface area contributed by atoms with Crippen molar-refractivity contribution in [3.8, 4) is 0 Å². The molecule has 0 bridgehead atoms. The minimum atomic E-state index is 0.297. The summed E-state index contributed by atoms with van der Waals surface area (Å²) >= 11 is 0. The first-order valence-electron chi connectivity index (χ1n) is 6.43. The summed E-state index contributed by atoms with van der Waals surface area (Å²) in [7, 11) is 0. The Hall–Kier alpha value is -0.820. The molecule has 0 saturated carbocycles. The first-order valence-corrected chi connectivity index (χ1v) is 6.43. The summed E-state index contributed by atoms with van der Waals surface area (Å²) in [4.78, 5) is 0. The van der Waals surface area contributed by atoms with Gasteiger partial charge in [-0.2, -0.15) is 0 Å². The third-order valence-electron chi connectivity index (χ3n) is 2.96. The summed E-state index contributed by atoms with van der Waals surface area (Å²) in [6.45, 7) is 7.94. The van der Waals surface area contributed by atoms with E-state index in [2.05, 4.69) is 56.4 Å². The van der Waals surface area contributed by atoms with Crippen molar-refractivity contribution in [2.45, 2.75) is 52.0 Å². The maximum atomic E-state index is 3.63. The van der Waals surface area contributed by atoms with E-state index in [0.29, 0.717) is 5.54 Å². The van der Waals surface area contributed by atoms with E-state index in [1.807, 2.05) is 0 Å². The minimum absolute atomic E-state index is 0.297. The molecule has 1 N–H and O–H groups in total. The van der Waals surface area contributed by atoms with Crippen LogP contribution < -0.4 is 5.32 Å². The predicted molar refractivity (Wildman–Crippen MR) is 71.8 cm³/mol. The van der Waals surface area contributed by atoms with Crippen molar-refractivity contribution in [1.82, 2.24) is 5.32 Å². The molecule has 0 amide bonds. The molecule has 1 heteroatoms. The summed E-state index contributed by atoms with van der Waals surface area (Å²) in [5.74, 6) is 0. The highest BCUT2D eigenvalue weighted by molar-refractivity contribution is 5.14. The van der Waals surface area contributed by atoms with Crippen molar-refractivity contribution in [3.05, 3.63) is 35.9 Å². The fourth-order valence-corrected chi connectivity index (χ4v) is 2.08. The maximum Gasteiger partial charge on any atom is 0.0125 e. The Balaban J connectivity index is 2.17. The summed E-state index contributed by atoms with van der Waals surface area (Å²) in [5, 5.41) is 3.63. The van der Waals surface area contributed by atoms with E-state index in [-0.39, 0.29) is 0 Å². The molecule has 0 aliphatic carbocycles. The van der Waals surface area contributed by atoms with Crippen molar-refractivity contribution in [2.24, 2.45) is 0 Å². The quantitative estimate of drug-likeness (QED) is 0.688. The van der Waals surface area contributed by atoms with Crippen molar-refractivity contribution in [2.75, 3.05) is 6.54 Å². The number of nitrogens with one attached hydrogen (secondary N) is 1.